The van der Waals surface area contributed by atoms with Gasteiger partial charge in [-0.3, -0.25) is 0 Å². The van der Waals surface area contributed by atoms with Crippen LogP contribution in [0.15, 0.2) is 127 Å². The average Bonchev–Trinajstić information content (AvgIpc) is 3.85. The van der Waals surface area contributed by atoms with Gasteiger partial charge in [-0.2, -0.15) is 0 Å². The van der Waals surface area contributed by atoms with Crippen molar-refractivity contribution in [3.05, 3.63) is 133 Å². The summed E-state index contributed by atoms with van der Waals surface area (Å²) in [6.45, 7) is 0. The van der Waals surface area contributed by atoms with Gasteiger partial charge in [0, 0.05) is 38.3 Å². The first-order valence-electron chi connectivity index (χ1n) is 15.9. The normalized spacial score (nSPS) is 20.0. The van der Waals surface area contributed by atoms with Crippen LogP contribution in [0, 0.1) is 11.8 Å². The second-order valence-corrected chi connectivity index (χ2v) is 13.0. The largest absolute Gasteiger partial charge is 0.309 e. The molecule has 2 bridgehead atoms. The van der Waals surface area contributed by atoms with Crippen LogP contribution in [-0.2, 0) is 0 Å². The summed E-state index contributed by atoms with van der Waals surface area (Å²) < 4.78 is 4.96. The van der Waals surface area contributed by atoms with Gasteiger partial charge in [-0.25, -0.2) is 0 Å². The highest BCUT2D eigenvalue weighted by Crippen LogP contribution is 2.53. The highest BCUT2D eigenvalue weighted by Gasteiger charge is 2.40. The number of nitrogens with zero attached hydrogens (tertiary/aromatic N) is 2. The van der Waals surface area contributed by atoms with E-state index in [2.05, 4.69) is 137 Å². The van der Waals surface area contributed by atoms with Crippen LogP contribution in [0.1, 0.15) is 37.2 Å². The summed E-state index contributed by atoms with van der Waals surface area (Å²) in [7, 11) is 0. The van der Waals surface area contributed by atoms with E-state index in [1.165, 1.54) is 97.0 Å². The number of benzene rings is 6. The maximum absolute atomic E-state index is 2.49. The summed E-state index contributed by atoms with van der Waals surface area (Å²) in [5.74, 6) is 2.61. The van der Waals surface area contributed by atoms with Crippen LogP contribution in [0.3, 0.4) is 0 Å². The molecule has 2 nitrogen and oxygen atoms in total. The van der Waals surface area contributed by atoms with Crippen LogP contribution in [0.5, 0.6) is 0 Å². The molecule has 0 saturated heterocycles. The Balaban J connectivity index is 1.27. The van der Waals surface area contributed by atoms with Gasteiger partial charge in [0.15, 0.2) is 0 Å². The van der Waals surface area contributed by atoms with Crippen molar-refractivity contribution < 1.29 is 0 Å². The molecule has 43 heavy (non-hydrogen) atoms. The van der Waals surface area contributed by atoms with Crippen LogP contribution in [-0.4, -0.2) is 9.13 Å². The molecule has 8 aromatic rings. The molecule has 0 N–H and O–H groups in total. The lowest BCUT2D eigenvalue weighted by Crippen LogP contribution is -2.08. The fourth-order valence-corrected chi connectivity index (χ4v) is 8.89. The standard InChI is InChI=1S/C41H32N2/c1-2-9-30(10-3-1)43-40-25-39-36(24-37(40)34-21-18-27-8-4-5-11-32(27)41(34)43)33-12-6-7-13-38(33)42(39)31-19-16-28(17-20-31)35-23-26-14-15-29(35)22-26/h1-13,16-21,24-26,29,35H,14-15,22-23H2. The summed E-state index contributed by atoms with van der Waals surface area (Å²) in [6.07, 6.45) is 5.70. The van der Waals surface area contributed by atoms with Crippen molar-refractivity contribution in [2.24, 2.45) is 11.8 Å². The number of fused-ring (bicyclic) bond motifs is 10. The summed E-state index contributed by atoms with van der Waals surface area (Å²) in [5.41, 5.74) is 9.01. The third-order valence-electron chi connectivity index (χ3n) is 10.8. The molecule has 6 aromatic carbocycles. The molecule has 0 spiro atoms. The monoisotopic (exact) mass is 552 g/mol. The molecule has 2 saturated carbocycles. The van der Waals surface area contributed by atoms with Crippen molar-refractivity contribution >= 4 is 54.4 Å². The van der Waals surface area contributed by atoms with Gasteiger partial charge in [-0.15, -0.1) is 0 Å². The van der Waals surface area contributed by atoms with E-state index in [4.69, 9.17) is 0 Å². The Morgan fingerprint density at radius 1 is 0.465 bits per heavy atom. The summed E-state index contributed by atoms with van der Waals surface area (Å²) >= 11 is 0. The molecule has 2 heterocycles. The van der Waals surface area contributed by atoms with Gasteiger partial charge in [0.25, 0.3) is 0 Å². The quantitative estimate of drug-likeness (QED) is 0.206. The van der Waals surface area contributed by atoms with Gasteiger partial charge in [0.05, 0.1) is 22.1 Å². The van der Waals surface area contributed by atoms with Crippen molar-refractivity contribution in [2.45, 2.75) is 31.6 Å². The maximum Gasteiger partial charge on any atom is 0.0619 e. The minimum atomic E-state index is 0.752. The molecular formula is C41H32N2. The predicted molar refractivity (Wildman–Crippen MR) is 181 cm³/mol. The lowest BCUT2D eigenvalue weighted by molar-refractivity contribution is 0.420. The van der Waals surface area contributed by atoms with E-state index in [-0.39, 0.29) is 0 Å². The van der Waals surface area contributed by atoms with E-state index in [0.29, 0.717) is 0 Å². The first kappa shape index (κ1) is 23.7. The molecule has 3 unspecified atom stereocenters. The fraction of sp³-hybridized carbons (Fsp3) is 0.171. The maximum atomic E-state index is 2.49. The van der Waals surface area contributed by atoms with Crippen molar-refractivity contribution in [1.82, 2.24) is 9.13 Å². The molecule has 2 fully saturated rings. The average molecular weight is 553 g/mol. The zero-order valence-corrected chi connectivity index (χ0v) is 24.1. The van der Waals surface area contributed by atoms with E-state index in [1.807, 2.05) is 0 Å². The van der Waals surface area contributed by atoms with E-state index < -0.39 is 0 Å². The Labute approximate surface area is 250 Å². The molecule has 2 heteroatoms. The lowest BCUT2D eigenvalue weighted by atomic mass is 9.83. The van der Waals surface area contributed by atoms with Gasteiger partial charge in [0.2, 0.25) is 0 Å². The minimum absolute atomic E-state index is 0.752. The number of hydrogen-bond donors (Lipinski definition) is 0. The molecule has 10 rings (SSSR count). The van der Waals surface area contributed by atoms with Gasteiger partial charge in [-0.05, 0) is 90.4 Å². The first-order chi connectivity index (χ1) is 21.3. The van der Waals surface area contributed by atoms with Crippen molar-refractivity contribution in [2.75, 3.05) is 0 Å². The highest BCUT2D eigenvalue weighted by molar-refractivity contribution is 6.23. The molecule has 206 valence electrons. The molecule has 2 aliphatic rings. The van der Waals surface area contributed by atoms with Gasteiger partial charge in [-0.1, -0.05) is 91.3 Å². The third kappa shape index (κ3) is 3.35. The molecular weight excluding hydrogens is 520 g/mol. The smallest absolute Gasteiger partial charge is 0.0619 e. The van der Waals surface area contributed by atoms with Crippen LogP contribution >= 0.6 is 0 Å². The number of para-hydroxylation sites is 2. The Kier molecular flexibility index (Phi) is 4.88. The SMILES string of the molecule is c1ccc(-n2c3cc4c(cc3c3ccc5ccccc5c32)c2ccccc2n4-c2ccc(C3CC4CCC3C4)cc2)cc1. The van der Waals surface area contributed by atoms with Crippen molar-refractivity contribution in [3.8, 4) is 11.4 Å². The van der Waals surface area contributed by atoms with Gasteiger partial charge >= 0.3 is 0 Å². The fourth-order valence-electron chi connectivity index (χ4n) is 8.89. The second-order valence-electron chi connectivity index (χ2n) is 13.0. The van der Waals surface area contributed by atoms with E-state index >= 15 is 0 Å². The first-order valence-corrected chi connectivity index (χ1v) is 15.9. The molecule has 2 aliphatic carbocycles. The molecule has 0 aliphatic heterocycles. The van der Waals surface area contributed by atoms with Crippen LogP contribution < -0.4 is 0 Å². The Morgan fingerprint density at radius 2 is 1.19 bits per heavy atom. The molecule has 2 aromatic heterocycles. The van der Waals surface area contributed by atoms with Crippen LogP contribution in [0.2, 0.25) is 0 Å². The number of hydrogen-bond acceptors (Lipinski definition) is 0. The van der Waals surface area contributed by atoms with Crippen LogP contribution in [0.4, 0.5) is 0 Å². The Morgan fingerprint density at radius 3 is 2.00 bits per heavy atom. The third-order valence-corrected chi connectivity index (χ3v) is 10.8. The number of rotatable bonds is 3. The van der Waals surface area contributed by atoms with Crippen LogP contribution in [0.25, 0.3) is 65.8 Å². The summed E-state index contributed by atoms with van der Waals surface area (Å²) in [6, 6.07) is 47.6. The Hall–Kier alpha value is -4.82. The molecule has 0 radical (unpaired) electrons. The topological polar surface area (TPSA) is 9.86 Å². The van der Waals surface area contributed by atoms with E-state index in [9.17, 15) is 0 Å². The molecule has 3 atom stereocenters. The lowest BCUT2D eigenvalue weighted by Gasteiger charge is -2.22. The number of aromatic nitrogens is 2. The highest BCUT2D eigenvalue weighted by atomic mass is 15.0. The van der Waals surface area contributed by atoms with Crippen molar-refractivity contribution in [1.29, 1.82) is 0 Å². The Bertz CT molecular complexity index is 2350. The zero-order valence-electron chi connectivity index (χ0n) is 24.1. The zero-order chi connectivity index (χ0) is 28.1. The van der Waals surface area contributed by atoms with E-state index in [1.54, 1.807) is 0 Å². The van der Waals surface area contributed by atoms with E-state index in [0.717, 1.165) is 17.8 Å². The van der Waals surface area contributed by atoms with Gasteiger partial charge in [0.1, 0.15) is 0 Å². The summed E-state index contributed by atoms with van der Waals surface area (Å²) in [5, 5.41) is 7.76. The molecule has 0 amide bonds. The minimum Gasteiger partial charge on any atom is -0.309 e. The second kappa shape index (κ2) is 8.84. The van der Waals surface area contributed by atoms with Gasteiger partial charge < -0.3 is 9.13 Å². The summed E-state index contributed by atoms with van der Waals surface area (Å²) in [4.78, 5) is 0. The predicted octanol–water partition coefficient (Wildman–Crippen LogP) is 10.9. The van der Waals surface area contributed by atoms with Crippen molar-refractivity contribution in [3.63, 3.8) is 0 Å².